The van der Waals surface area contributed by atoms with E-state index in [2.05, 4.69) is 0 Å². The quantitative estimate of drug-likeness (QED) is 0.760. The van der Waals surface area contributed by atoms with Gasteiger partial charge in [0, 0.05) is 25.9 Å². The summed E-state index contributed by atoms with van der Waals surface area (Å²) in [7, 11) is 0. The summed E-state index contributed by atoms with van der Waals surface area (Å²) in [5, 5.41) is 0. The number of hydrogen-bond acceptors (Lipinski definition) is 5. The maximum absolute atomic E-state index is 13.2. The fourth-order valence-electron chi connectivity index (χ4n) is 3.09. The summed E-state index contributed by atoms with van der Waals surface area (Å²) < 4.78 is 54.5. The van der Waals surface area contributed by atoms with Gasteiger partial charge < -0.3 is 19.1 Å². The maximum Gasteiger partial charge on any atom is 0.509 e. The lowest BCUT2D eigenvalue weighted by Gasteiger charge is -2.36. The van der Waals surface area contributed by atoms with E-state index >= 15 is 0 Å². The third-order valence-corrected chi connectivity index (χ3v) is 4.55. The van der Waals surface area contributed by atoms with E-state index in [-0.39, 0.29) is 25.3 Å². The number of hydrogen-bond donors (Lipinski definition) is 0. The lowest BCUT2D eigenvalue weighted by molar-refractivity contribution is -0.224. The van der Waals surface area contributed by atoms with E-state index in [0.29, 0.717) is 12.8 Å². The van der Waals surface area contributed by atoms with Crippen LogP contribution in [0.15, 0.2) is 30.3 Å². The molecule has 1 amide bonds. The topological polar surface area (TPSA) is 65.1 Å². The minimum Gasteiger partial charge on any atom is -0.430 e. The molecular formula is C17H18F3NO5. The Bertz CT molecular complexity index is 656. The van der Waals surface area contributed by atoms with E-state index in [1.165, 1.54) is 29.2 Å². The van der Waals surface area contributed by atoms with Crippen LogP contribution in [0.25, 0.3) is 0 Å². The van der Waals surface area contributed by atoms with Crippen LogP contribution in [-0.4, -0.2) is 55.0 Å². The molecule has 1 aromatic rings. The smallest absolute Gasteiger partial charge is 0.430 e. The number of amides is 1. The zero-order valence-electron chi connectivity index (χ0n) is 13.8. The van der Waals surface area contributed by atoms with Gasteiger partial charge in [-0.1, -0.05) is 30.3 Å². The second kappa shape index (κ2) is 7.14. The Hall–Kier alpha value is -2.29. The number of carbonyl (C=O) groups excluding carboxylic acids is 2. The van der Waals surface area contributed by atoms with E-state index < -0.39 is 36.6 Å². The molecule has 0 unspecified atom stereocenters. The van der Waals surface area contributed by atoms with E-state index in [0.717, 1.165) is 0 Å². The van der Waals surface area contributed by atoms with Gasteiger partial charge in [0.05, 0.1) is 0 Å². The summed E-state index contributed by atoms with van der Waals surface area (Å²) in [6.45, 7) is -0.0153. The molecule has 1 spiro atoms. The first-order chi connectivity index (χ1) is 12.3. The number of alkyl halides is 3. The molecule has 0 radical (unpaired) electrons. The molecule has 142 valence electrons. The van der Waals surface area contributed by atoms with Crippen molar-refractivity contribution in [3.05, 3.63) is 35.9 Å². The van der Waals surface area contributed by atoms with Crippen molar-refractivity contribution in [3.8, 4) is 0 Å². The lowest BCUT2D eigenvalue weighted by Crippen LogP contribution is -2.49. The van der Waals surface area contributed by atoms with Crippen LogP contribution in [0, 0.1) is 0 Å². The summed E-state index contributed by atoms with van der Waals surface area (Å²) in [5.74, 6) is -0.532. The van der Waals surface area contributed by atoms with Crippen molar-refractivity contribution in [1.82, 2.24) is 4.90 Å². The molecule has 3 rings (SSSR count). The number of carbonyl (C=O) groups is 2. The zero-order valence-corrected chi connectivity index (χ0v) is 13.8. The van der Waals surface area contributed by atoms with Gasteiger partial charge in [-0.05, 0) is 5.56 Å². The third kappa shape index (κ3) is 4.09. The lowest BCUT2D eigenvalue weighted by atomic mass is 9.92. The molecule has 2 heterocycles. The first-order valence-corrected chi connectivity index (χ1v) is 8.16. The third-order valence-electron chi connectivity index (χ3n) is 4.55. The van der Waals surface area contributed by atoms with Crippen LogP contribution in [-0.2, 0) is 19.0 Å². The van der Waals surface area contributed by atoms with Crippen LogP contribution < -0.4 is 0 Å². The van der Waals surface area contributed by atoms with Crippen LogP contribution in [0.1, 0.15) is 24.5 Å². The number of ether oxygens (including phenoxy) is 3. The van der Waals surface area contributed by atoms with Gasteiger partial charge in [0.15, 0.2) is 11.7 Å². The largest absolute Gasteiger partial charge is 0.509 e. The predicted octanol–water partition coefficient (Wildman–Crippen LogP) is 2.83. The molecule has 2 fully saturated rings. The summed E-state index contributed by atoms with van der Waals surface area (Å²) >= 11 is 0. The van der Waals surface area contributed by atoms with Crippen LogP contribution >= 0.6 is 0 Å². The first kappa shape index (κ1) is 18.5. The van der Waals surface area contributed by atoms with Gasteiger partial charge in [-0.3, -0.25) is 4.79 Å². The van der Waals surface area contributed by atoms with Crippen molar-refractivity contribution in [2.45, 2.75) is 30.7 Å². The van der Waals surface area contributed by atoms with Crippen LogP contribution in [0.3, 0.4) is 0 Å². The Morgan fingerprint density at radius 2 is 1.88 bits per heavy atom. The van der Waals surface area contributed by atoms with E-state index in [4.69, 9.17) is 14.2 Å². The zero-order chi connectivity index (χ0) is 18.8. The SMILES string of the molecule is O=C1OCC2(CCN(C(=O)CO[C@H](c3ccccc3)C(F)(F)F)CC2)O1. The van der Waals surface area contributed by atoms with Crippen molar-refractivity contribution in [2.75, 3.05) is 26.3 Å². The van der Waals surface area contributed by atoms with Crippen molar-refractivity contribution in [3.63, 3.8) is 0 Å². The highest BCUT2D eigenvalue weighted by Crippen LogP contribution is 2.36. The van der Waals surface area contributed by atoms with E-state index in [1.54, 1.807) is 6.07 Å². The molecule has 2 aliphatic heterocycles. The normalized spacial score (nSPS) is 20.6. The van der Waals surface area contributed by atoms with Crippen molar-refractivity contribution >= 4 is 12.1 Å². The maximum atomic E-state index is 13.2. The van der Waals surface area contributed by atoms with Crippen molar-refractivity contribution in [2.24, 2.45) is 0 Å². The predicted molar refractivity (Wildman–Crippen MR) is 82.2 cm³/mol. The molecule has 26 heavy (non-hydrogen) atoms. The summed E-state index contributed by atoms with van der Waals surface area (Å²) in [5.41, 5.74) is -0.784. The Labute approximate surface area is 147 Å². The number of cyclic esters (lactones) is 1. The molecular weight excluding hydrogens is 355 g/mol. The molecule has 2 saturated heterocycles. The number of likely N-dealkylation sites (tertiary alicyclic amines) is 1. The molecule has 0 aliphatic carbocycles. The van der Waals surface area contributed by atoms with Gasteiger partial charge in [-0.25, -0.2) is 4.79 Å². The standard InChI is InChI=1S/C17H18F3NO5/c18-17(19,20)14(12-4-2-1-3-5-12)24-10-13(22)21-8-6-16(7-9-21)11-25-15(23)26-16/h1-5,14H,6-11H2/t14-/m1/s1. The average molecular weight is 373 g/mol. The highest BCUT2D eigenvalue weighted by molar-refractivity contribution is 5.77. The Balaban J connectivity index is 1.55. The van der Waals surface area contributed by atoms with Gasteiger partial charge in [0.1, 0.15) is 13.2 Å². The van der Waals surface area contributed by atoms with Crippen LogP contribution in [0.4, 0.5) is 18.0 Å². The second-order valence-electron chi connectivity index (χ2n) is 6.35. The van der Waals surface area contributed by atoms with E-state index in [9.17, 15) is 22.8 Å². The van der Waals surface area contributed by atoms with Crippen molar-refractivity contribution < 1.29 is 37.0 Å². The van der Waals surface area contributed by atoms with Crippen LogP contribution in [0.5, 0.6) is 0 Å². The second-order valence-corrected chi connectivity index (χ2v) is 6.35. The molecule has 6 nitrogen and oxygen atoms in total. The molecule has 1 aromatic carbocycles. The number of nitrogens with zero attached hydrogens (tertiary/aromatic N) is 1. The molecule has 0 saturated carbocycles. The Kier molecular flexibility index (Phi) is 5.08. The van der Waals surface area contributed by atoms with E-state index in [1.807, 2.05) is 0 Å². The molecule has 9 heteroatoms. The van der Waals surface area contributed by atoms with Gasteiger partial charge in [0.25, 0.3) is 0 Å². The summed E-state index contributed by atoms with van der Waals surface area (Å²) in [4.78, 5) is 24.7. The summed E-state index contributed by atoms with van der Waals surface area (Å²) in [6.07, 6.45) is -6.75. The minimum atomic E-state index is -4.62. The monoisotopic (exact) mass is 373 g/mol. The van der Waals surface area contributed by atoms with Gasteiger partial charge in [0.2, 0.25) is 5.91 Å². The molecule has 0 bridgehead atoms. The molecule has 0 aromatic heterocycles. The van der Waals surface area contributed by atoms with Crippen molar-refractivity contribution in [1.29, 1.82) is 0 Å². The highest BCUT2D eigenvalue weighted by Gasteiger charge is 2.46. The number of piperidine rings is 1. The van der Waals surface area contributed by atoms with Gasteiger partial charge in [-0.2, -0.15) is 13.2 Å². The number of rotatable bonds is 4. The van der Waals surface area contributed by atoms with Gasteiger partial charge in [-0.15, -0.1) is 0 Å². The summed E-state index contributed by atoms with van der Waals surface area (Å²) in [6, 6.07) is 7.18. The number of benzene rings is 1. The fourth-order valence-corrected chi connectivity index (χ4v) is 3.09. The molecule has 0 N–H and O–H groups in total. The average Bonchev–Trinajstić information content (AvgIpc) is 2.95. The molecule has 2 aliphatic rings. The Morgan fingerprint density at radius 3 is 2.42 bits per heavy atom. The Morgan fingerprint density at radius 1 is 1.23 bits per heavy atom. The first-order valence-electron chi connectivity index (χ1n) is 8.16. The highest BCUT2D eigenvalue weighted by atomic mass is 19.4. The fraction of sp³-hybridized carbons (Fsp3) is 0.529. The van der Waals surface area contributed by atoms with Gasteiger partial charge >= 0.3 is 12.3 Å². The minimum absolute atomic E-state index is 0.0552. The van der Waals surface area contributed by atoms with Crippen LogP contribution in [0.2, 0.25) is 0 Å². The molecule has 1 atom stereocenters. The number of halogens is 3.